The Labute approximate surface area is 156 Å². The minimum Gasteiger partial charge on any atom is -0.272 e. The topological polar surface area (TPSA) is 98.1 Å². The van der Waals surface area contributed by atoms with Gasteiger partial charge in [-0.3, -0.25) is 9.59 Å². The molecule has 138 valence electrons. The normalized spacial score (nSPS) is 11.1. The zero-order valence-corrected chi connectivity index (χ0v) is 15.3. The highest BCUT2D eigenvalue weighted by molar-refractivity contribution is 7.90. The summed E-state index contributed by atoms with van der Waals surface area (Å²) in [6, 6.07) is 18.1. The molecule has 0 radical (unpaired) electrons. The van der Waals surface area contributed by atoms with Gasteiger partial charge in [0, 0.05) is 11.6 Å². The Morgan fingerprint density at radius 3 is 2.33 bits per heavy atom. The van der Waals surface area contributed by atoms with Crippen LogP contribution in [-0.4, -0.2) is 24.1 Å². The highest BCUT2D eigenvalue weighted by Gasteiger charge is 2.18. The zero-order chi connectivity index (χ0) is 19.4. The average Bonchev–Trinajstić information content (AvgIpc) is 2.64. The first-order chi connectivity index (χ1) is 12.8. The summed E-state index contributed by atoms with van der Waals surface area (Å²) in [5.74, 6) is -0.851. The summed E-state index contributed by atoms with van der Waals surface area (Å²) in [6.45, 7) is 1.32. The van der Waals surface area contributed by atoms with Gasteiger partial charge in [0.2, 0.25) is 0 Å². The van der Waals surface area contributed by atoms with Gasteiger partial charge >= 0.3 is 0 Å². The molecule has 1 heterocycles. The van der Waals surface area contributed by atoms with Gasteiger partial charge in [-0.15, -0.1) is 0 Å². The van der Waals surface area contributed by atoms with Crippen LogP contribution in [0.5, 0.6) is 0 Å². The van der Waals surface area contributed by atoms with Crippen molar-refractivity contribution in [2.75, 3.05) is 0 Å². The average molecular weight is 383 g/mol. The maximum absolute atomic E-state index is 12.3. The third kappa shape index (κ3) is 4.48. The van der Waals surface area contributed by atoms with E-state index in [1.54, 1.807) is 18.2 Å². The molecule has 3 rings (SSSR count). The van der Waals surface area contributed by atoms with E-state index >= 15 is 0 Å². The summed E-state index contributed by atoms with van der Waals surface area (Å²) in [6.07, 6.45) is 0. The fourth-order valence-corrected chi connectivity index (χ4v) is 3.40. The monoisotopic (exact) mass is 383 g/mol. The maximum atomic E-state index is 12.3. The molecule has 3 aromatic rings. The van der Waals surface area contributed by atoms with Gasteiger partial charge in [0.15, 0.2) is 0 Å². The number of rotatable bonds is 5. The number of carbonyl (C=O) groups is 1. The molecule has 1 aromatic heterocycles. The van der Waals surface area contributed by atoms with E-state index in [-0.39, 0.29) is 4.90 Å². The highest BCUT2D eigenvalue weighted by Crippen LogP contribution is 2.14. The minimum absolute atomic E-state index is 0.0280. The number of hydrogen-bond acceptors (Lipinski definition) is 5. The van der Waals surface area contributed by atoms with Crippen molar-refractivity contribution in [3.8, 4) is 11.3 Å². The summed E-state index contributed by atoms with van der Waals surface area (Å²) in [4.78, 5) is 24.1. The van der Waals surface area contributed by atoms with Crippen LogP contribution in [0.4, 0.5) is 0 Å². The van der Waals surface area contributed by atoms with Crippen molar-refractivity contribution >= 4 is 15.9 Å². The lowest BCUT2D eigenvalue weighted by molar-refractivity contribution is -0.120. The van der Waals surface area contributed by atoms with Crippen LogP contribution in [0.15, 0.2) is 76.4 Å². The molecule has 0 aliphatic carbocycles. The van der Waals surface area contributed by atoms with Gasteiger partial charge < -0.3 is 0 Å². The molecule has 0 unspecified atom stereocenters. The van der Waals surface area contributed by atoms with Gasteiger partial charge in [0.25, 0.3) is 21.5 Å². The van der Waals surface area contributed by atoms with Gasteiger partial charge in [-0.2, -0.15) is 5.10 Å². The summed E-state index contributed by atoms with van der Waals surface area (Å²) in [5.41, 5.74) is 1.68. The molecule has 1 N–H and O–H groups in total. The van der Waals surface area contributed by atoms with Crippen molar-refractivity contribution < 1.29 is 13.2 Å². The van der Waals surface area contributed by atoms with Gasteiger partial charge in [0.1, 0.15) is 6.54 Å². The number of nitrogens with one attached hydrogen (secondary N) is 1. The van der Waals surface area contributed by atoms with Crippen LogP contribution in [0.1, 0.15) is 5.56 Å². The Bertz CT molecular complexity index is 1120. The first kappa shape index (κ1) is 18.5. The quantitative estimate of drug-likeness (QED) is 0.723. The van der Waals surface area contributed by atoms with Crippen LogP contribution < -0.4 is 10.3 Å². The second kappa shape index (κ2) is 7.55. The number of nitrogens with zero attached hydrogens (tertiary/aromatic N) is 2. The van der Waals surface area contributed by atoms with E-state index in [1.165, 1.54) is 18.2 Å². The predicted molar refractivity (Wildman–Crippen MR) is 100 cm³/mol. The lowest BCUT2D eigenvalue weighted by Crippen LogP contribution is -2.36. The molecule has 0 saturated carbocycles. The van der Waals surface area contributed by atoms with Gasteiger partial charge in [-0.05, 0) is 25.1 Å². The first-order valence-corrected chi connectivity index (χ1v) is 9.59. The molecule has 8 heteroatoms. The lowest BCUT2D eigenvalue weighted by Gasteiger charge is -2.09. The molecule has 1 amide bonds. The maximum Gasteiger partial charge on any atom is 0.267 e. The van der Waals surface area contributed by atoms with E-state index in [0.29, 0.717) is 5.69 Å². The third-order valence-corrected chi connectivity index (χ3v) is 5.20. The van der Waals surface area contributed by atoms with Crippen LogP contribution in [0.3, 0.4) is 0 Å². The summed E-state index contributed by atoms with van der Waals surface area (Å²) in [5, 5.41) is 4.15. The smallest absolute Gasteiger partial charge is 0.267 e. The number of benzene rings is 2. The molecule has 0 fully saturated rings. The van der Waals surface area contributed by atoms with Crippen LogP contribution in [0.25, 0.3) is 11.3 Å². The Balaban J connectivity index is 1.80. The van der Waals surface area contributed by atoms with Gasteiger partial charge in [-0.25, -0.2) is 17.8 Å². The van der Waals surface area contributed by atoms with E-state index in [9.17, 15) is 18.0 Å². The second-order valence-electron chi connectivity index (χ2n) is 5.92. The summed E-state index contributed by atoms with van der Waals surface area (Å²) >= 11 is 0. The van der Waals surface area contributed by atoms with E-state index in [4.69, 9.17) is 0 Å². The Kier molecular flexibility index (Phi) is 5.18. The Morgan fingerprint density at radius 1 is 1.00 bits per heavy atom. The van der Waals surface area contributed by atoms with Crippen molar-refractivity contribution in [3.05, 3.63) is 82.6 Å². The molecular weight excluding hydrogens is 366 g/mol. The van der Waals surface area contributed by atoms with Crippen molar-refractivity contribution in [1.29, 1.82) is 0 Å². The molecule has 0 bridgehead atoms. The second-order valence-corrected chi connectivity index (χ2v) is 7.60. The number of amides is 1. The van der Waals surface area contributed by atoms with Crippen LogP contribution in [-0.2, 0) is 21.4 Å². The van der Waals surface area contributed by atoms with Crippen LogP contribution in [0, 0.1) is 6.92 Å². The largest absolute Gasteiger partial charge is 0.272 e. The lowest BCUT2D eigenvalue weighted by atomic mass is 10.1. The SMILES string of the molecule is Cc1ccc(S(=O)(=O)NC(=O)Cn2nc(-c3ccccc3)ccc2=O)cc1. The molecule has 0 aliphatic heterocycles. The van der Waals surface area contributed by atoms with Crippen LogP contribution >= 0.6 is 0 Å². The highest BCUT2D eigenvalue weighted by atomic mass is 32.2. The Hall–Kier alpha value is -3.26. The molecule has 7 nitrogen and oxygen atoms in total. The van der Waals surface area contributed by atoms with Gasteiger partial charge in [0.05, 0.1) is 10.6 Å². The molecule has 27 heavy (non-hydrogen) atoms. The standard InChI is InChI=1S/C19H17N3O4S/c1-14-7-9-16(10-8-14)27(25,26)21-18(23)13-22-19(24)12-11-17(20-22)15-5-3-2-4-6-15/h2-12H,13H2,1H3,(H,21,23). The van der Waals surface area contributed by atoms with Gasteiger partial charge in [-0.1, -0.05) is 48.0 Å². The van der Waals surface area contributed by atoms with E-state index in [2.05, 4.69) is 5.10 Å². The van der Waals surface area contributed by atoms with Crippen molar-refractivity contribution in [2.45, 2.75) is 18.4 Å². The van der Waals surface area contributed by atoms with Crippen molar-refractivity contribution in [3.63, 3.8) is 0 Å². The fraction of sp³-hybridized carbons (Fsp3) is 0.105. The van der Waals surface area contributed by atoms with Crippen molar-refractivity contribution in [2.24, 2.45) is 0 Å². The first-order valence-electron chi connectivity index (χ1n) is 8.11. The molecular formula is C19H17N3O4S. The Morgan fingerprint density at radius 2 is 1.67 bits per heavy atom. The van der Waals surface area contributed by atoms with Crippen molar-refractivity contribution in [1.82, 2.24) is 14.5 Å². The summed E-state index contributed by atoms with van der Waals surface area (Å²) in [7, 11) is -4.01. The third-order valence-electron chi connectivity index (χ3n) is 3.81. The molecule has 2 aromatic carbocycles. The minimum atomic E-state index is -4.01. The molecule has 0 aliphatic rings. The molecule has 0 spiro atoms. The zero-order valence-electron chi connectivity index (χ0n) is 14.5. The number of carbonyl (C=O) groups excluding carboxylic acids is 1. The van der Waals surface area contributed by atoms with Crippen LogP contribution in [0.2, 0.25) is 0 Å². The summed E-state index contributed by atoms with van der Waals surface area (Å²) < 4.78 is 27.4. The van der Waals surface area contributed by atoms with E-state index < -0.39 is 28.0 Å². The fourth-order valence-electron chi connectivity index (χ4n) is 2.42. The number of aryl methyl sites for hydroxylation is 1. The molecule has 0 saturated heterocycles. The number of sulfonamides is 1. The predicted octanol–water partition coefficient (Wildman–Crippen LogP) is 1.72. The van der Waals surface area contributed by atoms with E-state index in [0.717, 1.165) is 15.8 Å². The number of aromatic nitrogens is 2. The number of hydrogen-bond donors (Lipinski definition) is 1. The molecule has 0 atom stereocenters. The van der Waals surface area contributed by atoms with E-state index in [1.807, 2.05) is 42.0 Å².